The highest BCUT2D eigenvalue weighted by molar-refractivity contribution is 5.91. The van der Waals surface area contributed by atoms with Crippen LogP contribution in [0.3, 0.4) is 0 Å². The summed E-state index contributed by atoms with van der Waals surface area (Å²) >= 11 is 0. The molecule has 6 aromatic rings. The summed E-state index contributed by atoms with van der Waals surface area (Å²) in [6.45, 7) is 7.42. The molecule has 4 heterocycles. The van der Waals surface area contributed by atoms with E-state index in [0.717, 1.165) is 63.0 Å². The first-order valence-corrected chi connectivity index (χ1v) is 16.6. The molecule has 0 aliphatic carbocycles. The first-order valence-electron chi connectivity index (χ1n) is 16.6. The number of anilines is 2. The third-order valence-electron chi connectivity index (χ3n) is 8.99. The van der Waals surface area contributed by atoms with E-state index in [1.54, 1.807) is 19.0 Å². The van der Waals surface area contributed by atoms with Gasteiger partial charge in [0.2, 0.25) is 5.91 Å². The summed E-state index contributed by atoms with van der Waals surface area (Å²) in [4.78, 5) is 32.5. The second-order valence-electron chi connectivity index (χ2n) is 12.6. The number of rotatable bonds is 12. The van der Waals surface area contributed by atoms with Gasteiger partial charge in [0, 0.05) is 68.3 Å². The maximum atomic E-state index is 11.9. The van der Waals surface area contributed by atoms with Crippen LogP contribution in [0.5, 0.6) is 0 Å². The normalized spacial score (nSPS) is 11.3. The van der Waals surface area contributed by atoms with Crippen molar-refractivity contribution in [3.05, 3.63) is 119 Å². The van der Waals surface area contributed by atoms with Crippen molar-refractivity contribution in [2.24, 2.45) is 0 Å². The Hall–Kier alpha value is -5.21. The van der Waals surface area contributed by atoms with Crippen LogP contribution >= 0.6 is 0 Å². The molecular weight excluding hydrogens is 594 g/mol. The molecule has 0 aliphatic rings. The van der Waals surface area contributed by atoms with Gasteiger partial charge in [-0.1, -0.05) is 43.7 Å². The maximum Gasteiger partial charge on any atom is 0.236 e. The summed E-state index contributed by atoms with van der Waals surface area (Å²) in [5.41, 5.74) is 11.9. The number of carbonyl (C=O) groups excluding carboxylic acids is 1. The molecule has 0 atom stereocenters. The number of likely N-dealkylation sites (N-methyl/N-ethyl adjacent to an activating group) is 1. The van der Waals surface area contributed by atoms with E-state index in [1.165, 1.54) is 34.2 Å². The van der Waals surface area contributed by atoms with Crippen molar-refractivity contribution in [3.8, 4) is 11.1 Å². The third kappa shape index (κ3) is 7.19. The van der Waals surface area contributed by atoms with Gasteiger partial charge in [-0.2, -0.15) is 0 Å². The lowest BCUT2D eigenvalue weighted by atomic mass is 9.91. The SMILES string of the molecule is CCCCc1cnc2c(Nc3cccc(-c4cccc(Cc5nccc6cc(CNCC(=O)N(C)C)cnc56)c4C)c3C)nccc2c1. The van der Waals surface area contributed by atoms with Gasteiger partial charge in [0.05, 0.1) is 17.8 Å². The standard InChI is InChI=1S/C40H43N7O/c1-6-7-10-28-19-32-16-18-43-40(39(32)45-23-28)46-35-14-9-13-34(27(35)3)33-12-8-11-30(26(33)2)21-36-38-31(15-17-42-36)20-29(24-44-38)22-41-25-37(48)47(4)5/h8-9,11-20,23-24,41H,6-7,10,21-22,25H2,1-5H3,(H,43,46). The van der Waals surface area contributed by atoms with Gasteiger partial charge in [0.15, 0.2) is 5.82 Å². The summed E-state index contributed by atoms with van der Waals surface area (Å²) in [5.74, 6) is 0.803. The Morgan fingerprint density at radius 2 is 1.48 bits per heavy atom. The van der Waals surface area contributed by atoms with Crippen LogP contribution in [0.15, 0.2) is 85.5 Å². The van der Waals surface area contributed by atoms with Crippen LogP contribution in [-0.4, -0.2) is 51.4 Å². The Morgan fingerprint density at radius 1 is 0.792 bits per heavy atom. The lowest BCUT2D eigenvalue weighted by Crippen LogP contribution is -2.32. The van der Waals surface area contributed by atoms with Crippen LogP contribution in [-0.2, 0) is 24.2 Å². The molecule has 6 rings (SSSR count). The second kappa shape index (κ2) is 14.7. The van der Waals surface area contributed by atoms with Crippen molar-refractivity contribution in [1.29, 1.82) is 0 Å². The average Bonchev–Trinajstić information content (AvgIpc) is 3.09. The van der Waals surface area contributed by atoms with Gasteiger partial charge >= 0.3 is 0 Å². The van der Waals surface area contributed by atoms with E-state index in [9.17, 15) is 4.79 Å². The number of unbranched alkanes of at least 4 members (excludes halogenated alkanes) is 1. The van der Waals surface area contributed by atoms with Gasteiger partial charge in [-0.05, 0) is 96.0 Å². The number of hydrogen-bond acceptors (Lipinski definition) is 7. The topological polar surface area (TPSA) is 95.9 Å². The average molecular weight is 638 g/mol. The molecule has 8 nitrogen and oxygen atoms in total. The summed E-state index contributed by atoms with van der Waals surface area (Å²) in [6.07, 6.45) is 11.6. The molecule has 0 aliphatic heterocycles. The Kier molecular flexibility index (Phi) is 10.0. The van der Waals surface area contributed by atoms with Crippen LogP contribution in [0.1, 0.15) is 53.3 Å². The number of aromatic nitrogens is 4. The van der Waals surface area contributed by atoms with Gasteiger partial charge < -0.3 is 15.5 Å². The molecule has 8 heteroatoms. The van der Waals surface area contributed by atoms with Gasteiger partial charge in [0.25, 0.3) is 0 Å². The molecule has 2 aromatic carbocycles. The van der Waals surface area contributed by atoms with Crippen molar-refractivity contribution in [3.63, 3.8) is 0 Å². The molecule has 0 saturated heterocycles. The predicted molar refractivity (Wildman–Crippen MR) is 196 cm³/mol. The molecule has 0 fully saturated rings. The zero-order valence-corrected chi connectivity index (χ0v) is 28.5. The number of fused-ring (bicyclic) bond motifs is 2. The van der Waals surface area contributed by atoms with Gasteiger partial charge in [-0.3, -0.25) is 19.7 Å². The number of carbonyl (C=O) groups is 1. The highest BCUT2D eigenvalue weighted by atomic mass is 16.2. The fourth-order valence-electron chi connectivity index (χ4n) is 6.11. The molecule has 244 valence electrons. The van der Waals surface area contributed by atoms with Crippen molar-refractivity contribution in [2.45, 2.75) is 53.0 Å². The molecule has 48 heavy (non-hydrogen) atoms. The lowest BCUT2D eigenvalue weighted by molar-refractivity contribution is -0.127. The number of aryl methyl sites for hydroxylation is 1. The quantitative estimate of drug-likeness (QED) is 0.142. The zero-order chi connectivity index (χ0) is 33.6. The lowest BCUT2D eigenvalue weighted by Gasteiger charge is -2.17. The van der Waals surface area contributed by atoms with Crippen molar-refractivity contribution in [1.82, 2.24) is 30.2 Å². The third-order valence-corrected chi connectivity index (χ3v) is 8.99. The number of hydrogen-bond donors (Lipinski definition) is 2. The molecule has 4 aromatic heterocycles. The minimum Gasteiger partial charge on any atom is -0.348 e. The first kappa shape index (κ1) is 32.7. The smallest absolute Gasteiger partial charge is 0.236 e. The van der Waals surface area contributed by atoms with Crippen molar-refractivity contribution >= 4 is 39.2 Å². The van der Waals surface area contributed by atoms with Crippen LogP contribution in [0, 0.1) is 13.8 Å². The summed E-state index contributed by atoms with van der Waals surface area (Å²) in [6, 6.07) is 21.3. The molecule has 0 saturated carbocycles. The van der Waals surface area contributed by atoms with E-state index in [-0.39, 0.29) is 12.5 Å². The van der Waals surface area contributed by atoms with Gasteiger partial charge in [-0.25, -0.2) is 4.98 Å². The largest absolute Gasteiger partial charge is 0.348 e. The zero-order valence-electron chi connectivity index (χ0n) is 28.5. The van der Waals surface area contributed by atoms with Crippen LogP contribution < -0.4 is 10.6 Å². The Bertz CT molecular complexity index is 2090. The Morgan fingerprint density at radius 3 is 2.27 bits per heavy atom. The van der Waals surface area contributed by atoms with Crippen LogP contribution in [0.4, 0.5) is 11.5 Å². The van der Waals surface area contributed by atoms with E-state index in [1.807, 2.05) is 36.9 Å². The monoisotopic (exact) mass is 637 g/mol. The molecule has 0 spiro atoms. The minimum absolute atomic E-state index is 0.0429. The van der Waals surface area contributed by atoms with Crippen LogP contribution in [0.2, 0.25) is 0 Å². The van der Waals surface area contributed by atoms with Gasteiger partial charge in [-0.15, -0.1) is 0 Å². The van der Waals surface area contributed by atoms with E-state index < -0.39 is 0 Å². The predicted octanol–water partition coefficient (Wildman–Crippen LogP) is 7.71. The molecule has 0 unspecified atom stereocenters. The Labute approximate surface area is 282 Å². The number of benzene rings is 2. The number of nitrogens with zero attached hydrogens (tertiary/aromatic N) is 5. The summed E-state index contributed by atoms with van der Waals surface area (Å²) in [5, 5.41) is 8.94. The number of nitrogens with one attached hydrogen (secondary N) is 2. The van der Waals surface area contributed by atoms with Crippen LogP contribution in [0.25, 0.3) is 32.9 Å². The number of amides is 1. The summed E-state index contributed by atoms with van der Waals surface area (Å²) < 4.78 is 0. The fraction of sp³-hybridized carbons (Fsp3) is 0.275. The molecule has 0 radical (unpaired) electrons. The van der Waals surface area contributed by atoms with E-state index in [2.05, 4.69) is 84.9 Å². The Balaban J connectivity index is 1.24. The first-order chi connectivity index (χ1) is 23.3. The van der Waals surface area contributed by atoms with Crippen molar-refractivity contribution in [2.75, 3.05) is 26.0 Å². The minimum atomic E-state index is 0.0429. The maximum absolute atomic E-state index is 11.9. The second-order valence-corrected chi connectivity index (χ2v) is 12.6. The fourth-order valence-corrected chi connectivity index (χ4v) is 6.11. The molecule has 1 amide bonds. The molecule has 2 N–H and O–H groups in total. The highest BCUT2D eigenvalue weighted by Gasteiger charge is 2.15. The van der Waals surface area contributed by atoms with E-state index >= 15 is 0 Å². The molecule has 0 bridgehead atoms. The van der Waals surface area contributed by atoms with E-state index in [4.69, 9.17) is 15.0 Å². The highest BCUT2D eigenvalue weighted by Crippen LogP contribution is 2.35. The van der Waals surface area contributed by atoms with Crippen molar-refractivity contribution < 1.29 is 4.79 Å². The van der Waals surface area contributed by atoms with Gasteiger partial charge in [0.1, 0.15) is 5.52 Å². The van der Waals surface area contributed by atoms with E-state index in [0.29, 0.717) is 13.0 Å². The molecular formula is C40H43N7O. The summed E-state index contributed by atoms with van der Waals surface area (Å²) in [7, 11) is 3.52. The number of pyridine rings is 4.